The number of ketones is 1. The minimum Gasteiger partial charge on any atom is -0.493 e. The molecule has 0 fully saturated rings. The molecule has 6 heteroatoms. The topological polar surface area (TPSA) is 81.7 Å². The Hall–Kier alpha value is -3.15. The maximum atomic E-state index is 12.3. The maximum Gasteiger partial charge on any atom is 0.342 e. The summed E-state index contributed by atoms with van der Waals surface area (Å²) >= 11 is 0. The van der Waals surface area contributed by atoms with Crippen molar-refractivity contribution in [1.82, 2.24) is 5.32 Å². The Kier molecular flexibility index (Phi) is 8.21. The number of rotatable bonds is 10. The summed E-state index contributed by atoms with van der Waals surface area (Å²) in [6.07, 6.45) is 1.63. The van der Waals surface area contributed by atoms with Crippen LogP contribution >= 0.6 is 0 Å². The summed E-state index contributed by atoms with van der Waals surface area (Å²) in [5.41, 5.74) is 1.85. The molecule has 0 aliphatic heterocycles. The number of para-hydroxylation sites is 1. The van der Waals surface area contributed by atoms with Crippen LogP contribution in [-0.4, -0.2) is 37.4 Å². The molecule has 0 spiro atoms. The zero-order valence-electron chi connectivity index (χ0n) is 16.2. The predicted molar refractivity (Wildman–Crippen MR) is 106 cm³/mol. The fourth-order valence-corrected chi connectivity index (χ4v) is 2.62. The molecule has 0 bridgehead atoms. The van der Waals surface area contributed by atoms with Gasteiger partial charge in [-0.15, -0.1) is 0 Å². The number of Topliss-reactive ketones (excluding diaryl/α,β-unsaturated/α-hetero) is 1. The first kappa shape index (κ1) is 21.2. The van der Waals surface area contributed by atoms with E-state index >= 15 is 0 Å². The van der Waals surface area contributed by atoms with Gasteiger partial charge < -0.3 is 14.8 Å². The van der Waals surface area contributed by atoms with Crippen molar-refractivity contribution in [2.24, 2.45) is 0 Å². The number of benzene rings is 2. The smallest absolute Gasteiger partial charge is 0.342 e. The van der Waals surface area contributed by atoms with Crippen molar-refractivity contribution in [2.75, 3.05) is 19.8 Å². The lowest BCUT2D eigenvalue weighted by Crippen LogP contribution is -2.21. The van der Waals surface area contributed by atoms with Gasteiger partial charge in [0, 0.05) is 19.0 Å². The molecule has 0 aromatic heterocycles. The van der Waals surface area contributed by atoms with Gasteiger partial charge in [0.05, 0.1) is 6.61 Å². The van der Waals surface area contributed by atoms with E-state index in [1.807, 2.05) is 19.1 Å². The Labute approximate surface area is 164 Å². The van der Waals surface area contributed by atoms with Gasteiger partial charge in [-0.1, -0.05) is 36.4 Å². The largest absolute Gasteiger partial charge is 0.493 e. The molecule has 6 nitrogen and oxygen atoms in total. The molecule has 2 aromatic rings. The van der Waals surface area contributed by atoms with E-state index in [1.54, 1.807) is 36.4 Å². The third-order valence-electron chi connectivity index (χ3n) is 4.03. The number of hydrogen-bond acceptors (Lipinski definition) is 5. The van der Waals surface area contributed by atoms with Crippen LogP contribution in [-0.2, 0) is 16.0 Å². The highest BCUT2D eigenvalue weighted by molar-refractivity contribution is 6.00. The standard InChI is InChI=1S/C22H25NO5/c1-3-27-21-9-5-4-8-19(21)22(26)28-15-20(25)18-12-10-17(11-13-18)7-6-14-23-16(2)24/h4-5,8-13H,3,6-7,14-15H2,1-2H3,(H,23,24). The Morgan fingerprint density at radius 1 is 1.00 bits per heavy atom. The molecule has 1 amide bonds. The van der Waals surface area contributed by atoms with Crippen LogP contribution in [0, 0.1) is 0 Å². The van der Waals surface area contributed by atoms with Gasteiger partial charge in [-0.05, 0) is 37.5 Å². The number of carbonyl (C=O) groups is 3. The molecule has 28 heavy (non-hydrogen) atoms. The summed E-state index contributed by atoms with van der Waals surface area (Å²) < 4.78 is 10.6. The minimum absolute atomic E-state index is 0.0422. The highest BCUT2D eigenvalue weighted by Crippen LogP contribution is 2.19. The van der Waals surface area contributed by atoms with Crippen LogP contribution in [0.3, 0.4) is 0 Å². The molecular formula is C22H25NO5. The van der Waals surface area contributed by atoms with Gasteiger partial charge in [0.2, 0.25) is 5.91 Å². The van der Waals surface area contributed by atoms with Crippen LogP contribution in [0.4, 0.5) is 0 Å². The van der Waals surface area contributed by atoms with Gasteiger partial charge in [-0.25, -0.2) is 4.79 Å². The van der Waals surface area contributed by atoms with Gasteiger partial charge in [0.25, 0.3) is 0 Å². The number of hydrogen-bond donors (Lipinski definition) is 1. The van der Waals surface area contributed by atoms with Crippen molar-refractivity contribution >= 4 is 17.7 Å². The number of esters is 1. The number of aryl methyl sites for hydroxylation is 1. The molecule has 1 N–H and O–H groups in total. The van der Waals surface area contributed by atoms with E-state index in [1.165, 1.54) is 6.92 Å². The Bertz CT molecular complexity index is 814. The molecule has 0 heterocycles. The molecule has 2 aromatic carbocycles. The third kappa shape index (κ3) is 6.54. The normalized spacial score (nSPS) is 10.2. The lowest BCUT2D eigenvalue weighted by atomic mass is 10.1. The van der Waals surface area contributed by atoms with E-state index in [0.29, 0.717) is 30.0 Å². The second-order valence-electron chi connectivity index (χ2n) is 6.21. The maximum absolute atomic E-state index is 12.3. The lowest BCUT2D eigenvalue weighted by Gasteiger charge is -2.09. The van der Waals surface area contributed by atoms with Crippen LogP contribution in [0.1, 0.15) is 46.5 Å². The van der Waals surface area contributed by atoms with E-state index in [2.05, 4.69) is 5.32 Å². The lowest BCUT2D eigenvalue weighted by molar-refractivity contribution is -0.118. The highest BCUT2D eigenvalue weighted by Gasteiger charge is 2.15. The Morgan fingerprint density at radius 2 is 1.71 bits per heavy atom. The Morgan fingerprint density at radius 3 is 2.39 bits per heavy atom. The number of carbonyl (C=O) groups excluding carboxylic acids is 3. The van der Waals surface area contributed by atoms with Crippen molar-refractivity contribution in [2.45, 2.75) is 26.7 Å². The van der Waals surface area contributed by atoms with Crippen molar-refractivity contribution < 1.29 is 23.9 Å². The zero-order chi connectivity index (χ0) is 20.4. The van der Waals surface area contributed by atoms with Gasteiger partial charge in [-0.3, -0.25) is 9.59 Å². The second kappa shape index (κ2) is 10.9. The SMILES string of the molecule is CCOc1ccccc1C(=O)OCC(=O)c1ccc(CCCNC(C)=O)cc1. The number of amides is 1. The quantitative estimate of drug-likeness (QED) is 0.387. The summed E-state index contributed by atoms with van der Waals surface area (Å²) in [5, 5.41) is 2.75. The van der Waals surface area contributed by atoms with E-state index in [-0.39, 0.29) is 18.3 Å². The molecule has 0 radical (unpaired) electrons. The first-order valence-corrected chi connectivity index (χ1v) is 9.26. The monoisotopic (exact) mass is 383 g/mol. The first-order chi connectivity index (χ1) is 13.5. The summed E-state index contributed by atoms with van der Waals surface area (Å²) in [6, 6.07) is 14.0. The molecule has 0 atom stereocenters. The van der Waals surface area contributed by atoms with Crippen molar-refractivity contribution in [3.8, 4) is 5.75 Å². The zero-order valence-corrected chi connectivity index (χ0v) is 16.2. The van der Waals surface area contributed by atoms with E-state index in [0.717, 1.165) is 18.4 Å². The molecule has 0 saturated carbocycles. The fraction of sp³-hybridized carbons (Fsp3) is 0.318. The molecule has 0 aliphatic rings. The van der Waals surface area contributed by atoms with Gasteiger partial charge in [-0.2, -0.15) is 0 Å². The van der Waals surface area contributed by atoms with Crippen LogP contribution < -0.4 is 10.1 Å². The van der Waals surface area contributed by atoms with Gasteiger partial charge in [0.15, 0.2) is 12.4 Å². The van der Waals surface area contributed by atoms with Crippen LogP contribution in [0.25, 0.3) is 0 Å². The van der Waals surface area contributed by atoms with Gasteiger partial charge in [0.1, 0.15) is 11.3 Å². The van der Waals surface area contributed by atoms with Crippen LogP contribution in [0.15, 0.2) is 48.5 Å². The summed E-state index contributed by atoms with van der Waals surface area (Å²) in [4.78, 5) is 35.4. The fourth-order valence-electron chi connectivity index (χ4n) is 2.62. The van der Waals surface area contributed by atoms with E-state index < -0.39 is 5.97 Å². The number of ether oxygens (including phenoxy) is 2. The third-order valence-corrected chi connectivity index (χ3v) is 4.03. The van der Waals surface area contributed by atoms with Crippen LogP contribution in [0.5, 0.6) is 5.75 Å². The van der Waals surface area contributed by atoms with E-state index in [9.17, 15) is 14.4 Å². The van der Waals surface area contributed by atoms with Crippen LogP contribution in [0.2, 0.25) is 0 Å². The molecule has 148 valence electrons. The van der Waals surface area contributed by atoms with Crippen molar-refractivity contribution in [3.05, 3.63) is 65.2 Å². The van der Waals surface area contributed by atoms with Crippen molar-refractivity contribution in [3.63, 3.8) is 0 Å². The summed E-state index contributed by atoms with van der Waals surface area (Å²) in [7, 11) is 0. The molecule has 0 unspecified atom stereocenters. The predicted octanol–water partition coefficient (Wildman–Crippen LogP) is 3.19. The van der Waals surface area contributed by atoms with Crippen molar-refractivity contribution in [1.29, 1.82) is 0 Å². The van der Waals surface area contributed by atoms with E-state index in [4.69, 9.17) is 9.47 Å². The Balaban J connectivity index is 1.86. The highest BCUT2D eigenvalue weighted by atomic mass is 16.5. The minimum atomic E-state index is -0.591. The second-order valence-corrected chi connectivity index (χ2v) is 6.21. The molecule has 0 aliphatic carbocycles. The summed E-state index contributed by atoms with van der Waals surface area (Å²) in [6.45, 7) is 4.04. The molecule has 2 rings (SSSR count). The molecule has 0 saturated heterocycles. The average Bonchev–Trinajstić information content (AvgIpc) is 2.70. The average molecular weight is 383 g/mol. The summed E-state index contributed by atoms with van der Waals surface area (Å²) in [5.74, 6) is -0.468. The van der Waals surface area contributed by atoms with Gasteiger partial charge >= 0.3 is 5.97 Å². The number of nitrogens with one attached hydrogen (secondary N) is 1. The molecular weight excluding hydrogens is 358 g/mol. The first-order valence-electron chi connectivity index (χ1n) is 9.26.